The van der Waals surface area contributed by atoms with E-state index in [9.17, 15) is 0 Å². The van der Waals surface area contributed by atoms with E-state index in [4.69, 9.17) is 17.2 Å². The van der Waals surface area contributed by atoms with Crippen LogP contribution in [0.1, 0.15) is 78.0 Å². The van der Waals surface area contributed by atoms with E-state index in [2.05, 4.69) is 83.2 Å². The SMILES string of the molecule is CCCCC[SiH]=[Hf]([Cl])([Cl])([CH]1C=Cc2c(C)ccc(C)c21)[CH]1C=Cc2c(C)ccc(C)c21. The van der Waals surface area contributed by atoms with E-state index < -0.39 is 14.8 Å². The predicted molar refractivity (Wildman–Crippen MR) is 139 cm³/mol. The van der Waals surface area contributed by atoms with Gasteiger partial charge in [0.2, 0.25) is 0 Å². The molecule has 0 saturated heterocycles. The number of allylic oxidation sites excluding steroid dienone is 2. The second-order valence-electron chi connectivity index (χ2n) is 9.65. The first-order chi connectivity index (χ1) is 14.7. The number of hydrogen-bond donors (Lipinski definition) is 0. The van der Waals surface area contributed by atoms with E-state index in [1.54, 1.807) is 0 Å². The van der Waals surface area contributed by atoms with Crippen LogP contribution in [0.2, 0.25) is 6.04 Å². The summed E-state index contributed by atoms with van der Waals surface area (Å²) in [7, 11) is 16.2. The summed E-state index contributed by atoms with van der Waals surface area (Å²) < 4.78 is 0.430. The van der Waals surface area contributed by atoms with Crippen LogP contribution in [0.15, 0.2) is 36.4 Å². The van der Waals surface area contributed by atoms with E-state index >= 15 is 0 Å². The van der Waals surface area contributed by atoms with Gasteiger partial charge in [-0.15, -0.1) is 0 Å². The zero-order valence-corrected chi connectivity index (χ0v) is 25.7. The standard InChI is InChI=1S/2C11H11.C5H12Si.2ClH.Hf/c2*1-8-6-7-9(2)11-5-3-4-10(8)11;1-2-3-4-5-6;;;/h2*3-7H,1-2H3;6H,2-5H2,1H3;2*1H;/q;;;;;+2/p-2. The van der Waals surface area contributed by atoms with E-state index in [1.807, 2.05) is 0 Å². The first kappa shape index (κ1) is 23.7. The summed E-state index contributed by atoms with van der Waals surface area (Å²) in [6.07, 6.45) is 13.2. The second-order valence-corrected chi connectivity index (χ2v) is 59.9. The molecular weight excluding hydrogens is 602 g/mol. The molecule has 0 fully saturated rings. The van der Waals surface area contributed by atoms with Gasteiger partial charge >= 0.3 is 198 Å². The van der Waals surface area contributed by atoms with Crippen LogP contribution in [-0.2, 0) is 14.8 Å². The molecule has 0 aliphatic heterocycles. The minimum atomic E-state index is -4.51. The topological polar surface area (TPSA) is 0 Å². The number of halogens is 2. The quantitative estimate of drug-likeness (QED) is 0.220. The maximum absolute atomic E-state index is 8.11. The Bertz CT molecular complexity index is 1090. The van der Waals surface area contributed by atoms with Gasteiger partial charge < -0.3 is 0 Å². The Morgan fingerprint density at radius 2 is 1.19 bits per heavy atom. The predicted octanol–water partition coefficient (Wildman–Crippen LogP) is 8.71. The number of hydrogen-bond acceptors (Lipinski definition) is 0. The van der Waals surface area contributed by atoms with Gasteiger partial charge in [0.15, 0.2) is 0 Å². The molecule has 0 amide bonds. The Balaban J connectivity index is 1.95. The van der Waals surface area contributed by atoms with Crippen LogP contribution in [0, 0.1) is 27.7 Å². The normalized spacial score (nSPS) is 19.6. The molecule has 2 unspecified atom stereocenters. The average molecular weight is 636 g/mol. The fraction of sp³-hybridized carbons (Fsp3) is 0.407. The summed E-state index contributed by atoms with van der Waals surface area (Å²) in [5.74, 6) is 0. The van der Waals surface area contributed by atoms with Crippen molar-refractivity contribution in [1.29, 1.82) is 0 Å². The molecule has 4 rings (SSSR count). The van der Waals surface area contributed by atoms with Crippen molar-refractivity contribution in [3.05, 3.63) is 80.9 Å². The fourth-order valence-corrected chi connectivity index (χ4v) is 48.2. The summed E-state index contributed by atoms with van der Waals surface area (Å²) in [4.78, 5) is 0. The molecule has 31 heavy (non-hydrogen) atoms. The van der Waals surface area contributed by atoms with E-state index in [0.717, 1.165) is 0 Å². The summed E-state index contributed by atoms with van der Waals surface area (Å²) >= 11 is -4.51. The summed E-state index contributed by atoms with van der Waals surface area (Å²) in [5, 5.41) is 0. The molecule has 0 radical (unpaired) electrons. The molecule has 0 bridgehead atoms. The molecule has 0 saturated carbocycles. The van der Waals surface area contributed by atoms with Crippen LogP contribution in [0.5, 0.6) is 0 Å². The Labute approximate surface area is 197 Å². The first-order valence-electron chi connectivity index (χ1n) is 11.7. The minimum absolute atomic E-state index is 0.0153. The Kier molecular flexibility index (Phi) is 6.69. The molecule has 2 aliphatic rings. The number of unbranched alkanes of at least 4 members (excludes halogenated alkanes) is 2. The summed E-state index contributed by atoms with van der Waals surface area (Å²) in [6, 6.07) is 10.2. The number of aryl methyl sites for hydroxylation is 4. The van der Waals surface area contributed by atoms with Gasteiger partial charge in [-0.25, -0.2) is 0 Å². The third kappa shape index (κ3) is 3.94. The van der Waals surface area contributed by atoms with Crippen LogP contribution >= 0.6 is 17.2 Å². The van der Waals surface area contributed by atoms with Gasteiger partial charge in [-0.05, 0) is 0 Å². The fourth-order valence-electron chi connectivity index (χ4n) is 5.69. The van der Waals surface area contributed by atoms with Gasteiger partial charge in [-0.1, -0.05) is 0 Å². The third-order valence-electron chi connectivity index (χ3n) is 7.51. The van der Waals surface area contributed by atoms with Gasteiger partial charge in [-0.2, -0.15) is 0 Å². The average Bonchev–Trinajstić information content (AvgIpc) is 3.39. The van der Waals surface area contributed by atoms with Gasteiger partial charge in [-0.3, -0.25) is 0 Å². The van der Waals surface area contributed by atoms with Crippen LogP contribution in [0.4, 0.5) is 0 Å². The second kappa shape index (κ2) is 8.74. The molecule has 2 atom stereocenters. The van der Waals surface area contributed by atoms with Crippen LogP contribution < -0.4 is 0 Å². The Morgan fingerprint density at radius 3 is 1.65 bits per heavy atom. The number of rotatable bonds is 6. The molecule has 0 spiro atoms. The van der Waals surface area contributed by atoms with Gasteiger partial charge in [0.1, 0.15) is 0 Å². The molecule has 4 heteroatoms. The van der Waals surface area contributed by atoms with Crippen molar-refractivity contribution in [3.8, 4) is 0 Å². The molecule has 2 aliphatic carbocycles. The van der Waals surface area contributed by atoms with Crippen LogP contribution in [0.25, 0.3) is 12.2 Å². The zero-order valence-electron chi connectivity index (χ0n) is 19.4. The van der Waals surface area contributed by atoms with E-state index in [0.29, 0.717) is 0 Å². The molecule has 2 aromatic rings. The maximum atomic E-state index is 8.11. The van der Waals surface area contributed by atoms with Crippen molar-refractivity contribution in [3.63, 3.8) is 0 Å². The van der Waals surface area contributed by atoms with Crippen molar-refractivity contribution in [1.82, 2.24) is 0 Å². The molecule has 164 valence electrons. The molecular formula is C27H34Cl2HfSi. The molecule has 2 aromatic carbocycles. The van der Waals surface area contributed by atoms with Crippen molar-refractivity contribution < 1.29 is 14.8 Å². The van der Waals surface area contributed by atoms with E-state index in [1.165, 1.54) is 69.8 Å². The van der Waals surface area contributed by atoms with Crippen molar-refractivity contribution in [2.75, 3.05) is 0 Å². The molecule has 0 aromatic heterocycles. The van der Waals surface area contributed by atoms with Gasteiger partial charge in [0.05, 0.1) is 0 Å². The molecule has 0 nitrogen and oxygen atoms in total. The molecule has 0 N–H and O–H groups in total. The van der Waals surface area contributed by atoms with Crippen molar-refractivity contribution in [2.45, 2.75) is 67.3 Å². The number of fused-ring (bicyclic) bond motifs is 2. The first-order valence-corrected chi connectivity index (χ1v) is 32.3. The van der Waals surface area contributed by atoms with Crippen molar-refractivity contribution in [2.24, 2.45) is 0 Å². The zero-order chi connectivity index (χ0) is 22.4. The number of benzene rings is 2. The summed E-state index contributed by atoms with van der Waals surface area (Å²) in [6.45, 7) is 11.2. The summed E-state index contributed by atoms with van der Waals surface area (Å²) in [5.41, 5.74) is 10.9. The Morgan fingerprint density at radius 1 is 0.742 bits per heavy atom. The van der Waals surface area contributed by atoms with Crippen LogP contribution in [0.3, 0.4) is 0 Å². The van der Waals surface area contributed by atoms with E-state index in [-0.39, 0.29) is 13.6 Å². The van der Waals surface area contributed by atoms with Gasteiger partial charge in [0.25, 0.3) is 0 Å². The van der Waals surface area contributed by atoms with Crippen molar-refractivity contribution >= 4 is 35.5 Å². The van der Waals surface area contributed by atoms with Crippen LogP contribution in [-0.4, -0.2) is 6.22 Å². The molecule has 0 heterocycles. The van der Waals surface area contributed by atoms with Gasteiger partial charge in [0, 0.05) is 0 Å². The Hall–Kier alpha value is -0.413. The monoisotopic (exact) mass is 636 g/mol. The third-order valence-corrected chi connectivity index (χ3v) is 53.7.